The maximum atomic E-state index is 12.3. The van der Waals surface area contributed by atoms with Crippen molar-refractivity contribution < 1.29 is 14.0 Å². The number of nitrogens with one attached hydrogen (secondary N) is 2. The van der Waals surface area contributed by atoms with E-state index in [0.717, 1.165) is 24.4 Å². The molecule has 1 aromatic carbocycles. The molecule has 3 amide bonds. The van der Waals surface area contributed by atoms with E-state index in [1.54, 1.807) is 18.2 Å². The molecular weight excluding hydrogens is 380 g/mol. The van der Waals surface area contributed by atoms with Gasteiger partial charge in [-0.1, -0.05) is 36.8 Å². The lowest BCUT2D eigenvalue weighted by Gasteiger charge is -2.33. The van der Waals surface area contributed by atoms with Gasteiger partial charge in [0, 0.05) is 33.1 Å². The number of benzene rings is 1. The van der Waals surface area contributed by atoms with Crippen LogP contribution in [0.4, 0.5) is 4.79 Å². The SMILES string of the molecule is CN(Cc1ccccc1)C(=O)NCCC(=O)NCC(c1ccco1)N1CCCCC1. The van der Waals surface area contributed by atoms with E-state index in [-0.39, 0.29) is 24.4 Å². The molecule has 1 saturated heterocycles. The number of amides is 3. The van der Waals surface area contributed by atoms with Gasteiger partial charge in [-0.25, -0.2) is 4.79 Å². The number of urea groups is 1. The Labute approximate surface area is 178 Å². The number of hydrogen-bond acceptors (Lipinski definition) is 4. The van der Waals surface area contributed by atoms with Gasteiger partial charge in [0.1, 0.15) is 5.76 Å². The van der Waals surface area contributed by atoms with E-state index in [1.165, 1.54) is 19.3 Å². The van der Waals surface area contributed by atoms with Crippen LogP contribution in [0.5, 0.6) is 0 Å². The summed E-state index contributed by atoms with van der Waals surface area (Å²) in [4.78, 5) is 28.5. The number of carbonyl (C=O) groups excluding carboxylic acids is 2. The Morgan fingerprint density at radius 3 is 2.53 bits per heavy atom. The lowest BCUT2D eigenvalue weighted by Crippen LogP contribution is -2.42. The molecule has 0 spiro atoms. The summed E-state index contributed by atoms with van der Waals surface area (Å²) in [5, 5.41) is 5.81. The monoisotopic (exact) mass is 412 g/mol. The molecule has 7 nitrogen and oxygen atoms in total. The molecule has 0 aliphatic carbocycles. The predicted molar refractivity (Wildman–Crippen MR) is 116 cm³/mol. The highest BCUT2D eigenvalue weighted by Gasteiger charge is 2.24. The Morgan fingerprint density at radius 2 is 1.83 bits per heavy atom. The molecule has 2 N–H and O–H groups in total. The van der Waals surface area contributed by atoms with E-state index in [9.17, 15) is 9.59 Å². The first-order chi connectivity index (χ1) is 14.6. The summed E-state index contributed by atoms with van der Waals surface area (Å²) in [5.74, 6) is 0.808. The van der Waals surface area contributed by atoms with Crippen molar-refractivity contribution in [3.8, 4) is 0 Å². The molecule has 30 heavy (non-hydrogen) atoms. The summed E-state index contributed by atoms with van der Waals surface area (Å²) in [6.45, 7) is 3.38. The summed E-state index contributed by atoms with van der Waals surface area (Å²) >= 11 is 0. The number of rotatable bonds is 9. The standard InChI is InChI=1S/C23H32N4O3/c1-26(18-19-9-4-2-5-10-19)23(29)24-13-12-22(28)25-17-20(21-11-8-16-30-21)27-14-6-3-7-15-27/h2,4-5,8-11,16,20H,3,6-7,12-15,17-18H2,1H3,(H,24,29)(H,25,28). The molecule has 7 heteroatoms. The molecule has 1 aromatic heterocycles. The minimum Gasteiger partial charge on any atom is -0.468 e. The second-order valence-electron chi connectivity index (χ2n) is 7.76. The third kappa shape index (κ3) is 6.62. The van der Waals surface area contributed by atoms with Gasteiger partial charge < -0.3 is 20.0 Å². The number of furan rings is 1. The quantitative estimate of drug-likeness (QED) is 0.663. The van der Waals surface area contributed by atoms with Crippen molar-refractivity contribution in [2.75, 3.05) is 33.2 Å². The van der Waals surface area contributed by atoms with Gasteiger partial charge in [-0.05, 0) is 43.6 Å². The summed E-state index contributed by atoms with van der Waals surface area (Å²) in [6.07, 6.45) is 5.53. The number of hydrogen-bond donors (Lipinski definition) is 2. The van der Waals surface area contributed by atoms with E-state index in [0.29, 0.717) is 19.6 Å². The zero-order chi connectivity index (χ0) is 21.2. The molecule has 2 aromatic rings. The van der Waals surface area contributed by atoms with Crippen LogP contribution < -0.4 is 10.6 Å². The fraction of sp³-hybridized carbons (Fsp3) is 0.478. The van der Waals surface area contributed by atoms with Gasteiger partial charge in [0.15, 0.2) is 0 Å². The summed E-state index contributed by atoms with van der Waals surface area (Å²) < 4.78 is 5.61. The summed E-state index contributed by atoms with van der Waals surface area (Å²) in [7, 11) is 1.75. The molecule has 0 bridgehead atoms. The smallest absolute Gasteiger partial charge is 0.317 e. The van der Waals surface area contributed by atoms with Gasteiger partial charge in [-0.2, -0.15) is 0 Å². The van der Waals surface area contributed by atoms with Crippen molar-refractivity contribution in [2.24, 2.45) is 0 Å². The molecule has 1 fully saturated rings. The topological polar surface area (TPSA) is 77.8 Å². The minimum atomic E-state index is -0.187. The molecule has 0 saturated carbocycles. The molecule has 162 valence electrons. The van der Waals surface area contributed by atoms with Crippen LogP contribution in [0.3, 0.4) is 0 Å². The second kappa shape index (κ2) is 11.4. The first-order valence-corrected chi connectivity index (χ1v) is 10.7. The lowest BCUT2D eigenvalue weighted by molar-refractivity contribution is -0.121. The van der Waals surface area contributed by atoms with E-state index in [4.69, 9.17) is 4.42 Å². The normalized spacial score (nSPS) is 15.4. The highest BCUT2D eigenvalue weighted by atomic mass is 16.3. The second-order valence-corrected chi connectivity index (χ2v) is 7.76. The van der Waals surface area contributed by atoms with E-state index >= 15 is 0 Å². The van der Waals surface area contributed by atoms with Crippen LogP contribution in [0.2, 0.25) is 0 Å². The molecule has 1 aliphatic rings. The van der Waals surface area contributed by atoms with Gasteiger partial charge in [0.2, 0.25) is 5.91 Å². The van der Waals surface area contributed by atoms with Crippen LogP contribution in [-0.4, -0.2) is 55.0 Å². The third-order valence-electron chi connectivity index (χ3n) is 5.43. The van der Waals surface area contributed by atoms with Gasteiger partial charge in [-0.15, -0.1) is 0 Å². The number of piperidine rings is 1. The van der Waals surface area contributed by atoms with E-state index in [1.807, 2.05) is 42.5 Å². The van der Waals surface area contributed by atoms with E-state index in [2.05, 4.69) is 15.5 Å². The molecule has 3 rings (SSSR count). The van der Waals surface area contributed by atoms with Gasteiger partial charge in [-0.3, -0.25) is 9.69 Å². The summed E-state index contributed by atoms with van der Waals surface area (Å²) in [6, 6.07) is 13.5. The van der Waals surface area contributed by atoms with Crippen LogP contribution in [0, 0.1) is 0 Å². The average Bonchev–Trinajstić information content (AvgIpc) is 3.30. The fourth-order valence-electron chi connectivity index (χ4n) is 3.77. The number of carbonyl (C=O) groups is 2. The van der Waals surface area contributed by atoms with Gasteiger partial charge in [0.25, 0.3) is 0 Å². The van der Waals surface area contributed by atoms with Crippen molar-refractivity contribution in [3.05, 3.63) is 60.1 Å². The first-order valence-electron chi connectivity index (χ1n) is 10.7. The third-order valence-corrected chi connectivity index (χ3v) is 5.43. The van der Waals surface area contributed by atoms with Crippen molar-refractivity contribution in [1.82, 2.24) is 20.4 Å². The fourth-order valence-corrected chi connectivity index (χ4v) is 3.77. The predicted octanol–water partition coefficient (Wildman–Crippen LogP) is 3.15. The largest absolute Gasteiger partial charge is 0.468 e. The molecule has 0 radical (unpaired) electrons. The van der Waals surface area contributed by atoms with Crippen molar-refractivity contribution in [1.29, 1.82) is 0 Å². The van der Waals surface area contributed by atoms with E-state index < -0.39 is 0 Å². The van der Waals surface area contributed by atoms with Crippen LogP contribution in [0.1, 0.15) is 43.0 Å². The Morgan fingerprint density at radius 1 is 1.07 bits per heavy atom. The zero-order valence-corrected chi connectivity index (χ0v) is 17.7. The van der Waals surface area contributed by atoms with Crippen LogP contribution in [0.25, 0.3) is 0 Å². The molecule has 1 aliphatic heterocycles. The van der Waals surface area contributed by atoms with Crippen LogP contribution in [0.15, 0.2) is 53.1 Å². The average molecular weight is 413 g/mol. The molecule has 1 atom stereocenters. The Balaban J connectivity index is 1.39. The van der Waals surface area contributed by atoms with Crippen LogP contribution in [-0.2, 0) is 11.3 Å². The summed E-state index contributed by atoms with van der Waals surface area (Å²) in [5.41, 5.74) is 1.06. The Kier molecular flexibility index (Phi) is 8.32. The van der Waals surface area contributed by atoms with Crippen LogP contribution >= 0.6 is 0 Å². The maximum Gasteiger partial charge on any atom is 0.317 e. The first kappa shape index (κ1) is 21.9. The Bertz CT molecular complexity index is 773. The Hall–Kier alpha value is -2.80. The minimum absolute atomic E-state index is 0.0517. The lowest BCUT2D eigenvalue weighted by atomic mass is 10.1. The molecule has 1 unspecified atom stereocenters. The molecule has 2 heterocycles. The van der Waals surface area contributed by atoms with Gasteiger partial charge >= 0.3 is 6.03 Å². The number of nitrogens with zero attached hydrogens (tertiary/aromatic N) is 2. The highest BCUT2D eigenvalue weighted by molar-refractivity contribution is 5.78. The van der Waals surface area contributed by atoms with Crippen molar-refractivity contribution in [3.63, 3.8) is 0 Å². The number of likely N-dealkylation sites (tertiary alicyclic amines) is 1. The molecular formula is C23H32N4O3. The maximum absolute atomic E-state index is 12.3. The van der Waals surface area contributed by atoms with Crippen molar-refractivity contribution >= 4 is 11.9 Å². The van der Waals surface area contributed by atoms with Crippen molar-refractivity contribution in [2.45, 2.75) is 38.3 Å². The highest BCUT2D eigenvalue weighted by Crippen LogP contribution is 2.24. The van der Waals surface area contributed by atoms with Gasteiger partial charge in [0.05, 0.1) is 12.3 Å². The zero-order valence-electron chi connectivity index (χ0n) is 17.7.